The third-order valence-corrected chi connectivity index (χ3v) is 3.33. The Morgan fingerprint density at radius 3 is 2.54 bits per heavy atom. The number of benzene rings is 1. The lowest BCUT2D eigenvalue weighted by Gasteiger charge is -1.96. The second kappa shape index (κ2) is 3.86. The van der Waals surface area contributed by atoms with Crippen LogP contribution in [0.1, 0.15) is 0 Å². The van der Waals surface area contributed by atoms with Gasteiger partial charge in [0.2, 0.25) is 0 Å². The largest absolute Gasteiger partial charge is 0.208 e. The molecule has 1 heterocycles. The van der Waals surface area contributed by atoms with Crippen LogP contribution in [-0.2, 0) is 0 Å². The lowest BCUT2D eigenvalue weighted by Crippen LogP contribution is -1.80. The monoisotopic (exact) mass is 318 g/mol. The fourth-order valence-corrected chi connectivity index (χ4v) is 2.23. The highest BCUT2D eigenvalue weighted by Gasteiger charge is 2.07. The molecule has 0 aliphatic carbocycles. The van der Waals surface area contributed by atoms with Crippen molar-refractivity contribution in [2.24, 2.45) is 0 Å². The summed E-state index contributed by atoms with van der Waals surface area (Å²) in [7, 11) is 0. The second-order valence-corrected chi connectivity index (χ2v) is 5.23. The van der Waals surface area contributed by atoms with Crippen molar-refractivity contribution >= 4 is 43.4 Å². The van der Waals surface area contributed by atoms with Crippen LogP contribution in [0.3, 0.4) is 0 Å². The van der Waals surface area contributed by atoms with Crippen molar-refractivity contribution in [2.45, 2.75) is 0 Å². The molecule has 0 spiro atoms. The zero-order valence-electron chi connectivity index (χ0n) is 6.37. The molecule has 0 saturated heterocycles. The Morgan fingerprint density at radius 1 is 1.15 bits per heavy atom. The van der Waals surface area contributed by atoms with Crippen molar-refractivity contribution in [2.75, 3.05) is 0 Å². The summed E-state index contributed by atoms with van der Waals surface area (Å²) in [5.74, 6) is 0.754. The molecule has 0 radical (unpaired) electrons. The number of halogens is 2. The number of aromatic nitrogens is 2. The van der Waals surface area contributed by atoms with Crippen LogP contribution >= 0.6 is 43.4 Å². The standard InChI is InChI=1S/C8H4Br2N2S/c9-6-4-2-1-3-5(6)7-11-8(10)13-12-7/h1-4H. The average molecular weight is 320 g/mol. The van der Waals surface area contributed by atoms with E-state index in [0.29, 0.717) is 0 Å². The maximum atomic E-state index is 4.24. The molecule has 5 heteroatoms. The van der Waals surface area contributed by atoms with E-state index in [1.54, 1.807) is 0 Å². The van der Waals surface area contributed by atoms with Crippen LogP contribution in [0.2, 0.25) is 0 Å². The highest BCUT2D eigenvalue weighted by Crippen LogP contribution is 2.27. The van der Waals surface area contributed by atoms with Gasteiger partial charge in [-0.15, -0.1) is 0 Å². The van der Waals surface area contributed by atoms with Gasteiger partial charge in [-0.25, -0.2) is 4.98 Å². The minimum absolute atomic E-state index is 0.754. The first kappa shape index (κ1) is 9.30. The summed E-state index contributed by atoms with van der Waals surface area (Å²) >= 11 is 8.08. The lowest BCUT2D eigenvalue weighted by molar-refractivity contribution is 1.30. The highest BCUT2D eigenvalue weighted by molar-refractivity contribution is 9.11. The van der Waals surface area contributed by atoms with Crippen molar-refractivity contribution in [3.05, 3.63) is 32.7 Å². The normalized spacial score (nSPS) is 10.3. The van der Waals surface area contributed by atoms with Gasteiger partial charge in [0.1, 0.15) is 0 Å². The minimum atomic E-state index is 0.754. The summed E-state index contributed by atoms with van der Waals surface area (Å²) < 4.78 is 6.02. The smallest absolute Gasteiger partial charge is 0.179 e. The fourth-order valence-electron chi connectivity index (χ4n) is 0.957. The first-order valence-corrected chi connectivity index (χ1v) is 5.87. The summed E-state index contributed by atoms with van der Waals surface area (Å²) in [5, 5.41) is 0. The Labute approximate surface area is 96.4 Å². The third-order valence-electron chi connectivity index (χ3n) is 1.52. The maximum Gasteiger partial charge on any atom is 0.179 e. The van der Waals surface area contributed by atoms with E-state index in [1.165, 1.54) is 11.5 Å². The molecule has 0 unspecified atom stereocenters. The summed E-state index contributed by atoms with van der Waals surface area (Å²) in [6.45, 7) is 0. The van der Waals surface area contributed by atoms with Crippen LogP contribution < -0.4 is 0 Å². The molecule has 0 N–H and O–H groups in total. The van der Waals surface area contributed by atoms with Gasteiger partial charge >= 0.3 is 0 Å². The minimum Gasteiger partial charge on any atom is -0.208 e. The first-order valence-electron chi connectivity index (χ1n) is 3.51. The van der Waals surface area contributed by atoms with E-state index in [1.807, 2.05) is 24.3 Å². The molecule has 2 aromatic rings. The lowest BCUT2D eigenvalue weighted by atomic mass is 10.2. The van der Waals surface area contributed by atoms with Crippen molar-refractivity contribution in [1.82, 2.24) is 9.36 Å². The molecule has 13 heavy (non-hydrogen) atoms. The van der Waals surface area contributed by atoms with Gasteiger partial charge in [0.25, 0.3) is 0 Å². The molecule has 0 amide bonds. The highest BCUT2D eigenvalue weighted by atomic mass is 79.9. The van der Waals surface area contributed by atoms with Gasteiger partial charge < -0.3 is 0 Å². The molecule has 0 fully saturated rings. The van der Waals surface area contributed by atoms with Crippen LogP contribution in [-0.4, -0.2) is 9.36 Å². The summed E-state index contributed by atoms with van der Waals surface area (Å²) in [5.41, 5.74) is 1.02. The summed E-state index contributed by atoms with van der Waals surface area (Å²) in [6, 6.07) is 7.90. The molecule has 1 aromatic carbocycles. The van der Waals surface area contributed by atoms with Gasteiger partial charge in [-0.1, -0.05) is 34.1 Å². The van der Waals surface area contributed by atoms with Crippen LogP contribution in [0.15, 0.2) is 32.7 Å². The Kier molecular flexibility index (Phi) is 2.76. The Hall–Kier alpha value is -0.260. The predicted molar refractivity (Wildman–Crippen MR) is 60.7 cm³/mol. The molecule has 0 bridgehead atoms. The van der Waals surface area contributed by atoms with Crippen LogP contribution in [0.25, 0.3) is 11.4 Å². The van der Waals surface area contributed by atoms with E-state index in [-0.39, 0.29) is 0 Å². The molecule has 2 rings (SSSR count). The van der Waals surface area contributed by atoms with E-state index in [9.17, 15) is 0 Å². The molecule has 2 nitrogen and oxygen atoms in total. The molecule has 0 atom stereocenters. The van der Waals surface area contributed by atoms with Crippen LogP contribution in [0.5, 0.6) is 0 Å². The number of hydrogen-bond acceptors (Lipinski definition) is 3. The van der Waals surface area contributed by atoms with Crippen LogP contribution in [0.4, 0.5) is 0 Å². The van der Waals surface area contributed by atoms with Gasteiger partial charge in [-0.2, -0.15) is 4.37 Å². The Balaban J connectivity index is 2.52. The van der Waals surface area contributed by atoms with E-state index < -0.39 is 0 Å². The van der Waals surface area contributed by atoms with Crippen molar-refractivity contribution in [3.63, 3.8) is 0 Å². The topological polar surface area (TPSA) is 25.8 Å². The molecule has 1 aromatic heterocycles. The summed E-state index contributed by atoms with van der Waals surface area (Å²) in [4.78, 5) is 4.24. The van der Waals surface area contributed by atoms with Gasteiger partial charge in [0, 0.05) is 10.0 Å². The predicted octanol–water partition coefficient (Wildman–Crippen LogP) is 3.73. The fraction of sp³-hybridized carbons (Fsp3) is 0. The van der Waals surface area contributed by atoms with Gasteiger partial charge in [-0.05, 0) is 33.5 Å². The van der Waals surface area contributed by atoms with Gasteiger partial charge in [0.05, 0.1) is 0 Å². The molecule has 0 aliphatic rings. The van der Waals surface area contributed by atoms with E-state index in [0.717, 1.165) is 19.8 Å². The van der Waals surface area contributed by atoms with Crippen LogP contribution in [0, 0.1) is 0 Å². The Morgan fingerprint density at radius 2 is 1.92 bits per heavy atom. The molecular formula is C8H4Br2N2S. The van der Waals surface area contributed by atoms with Crippen molar-refractivity contribution in [3.8, 4) is 11.4 Å². The van der Waals surface area contributed by atoms with E-state index >= 15 is 0 Å². The molecular weight excluding hydrogens is 316 g/mol. The quantitative estimate of drug-likeness (QED) is 0.800. The molecule has 0 saturated carbocycles. The summed E-state index contributed by atoms with van der Waals surface area (Å²) in [6.07, 6.45) is 0. The number of hydrogen-bond donors (Lipinski definition) is 0. The molecule has 0 aliphatic heterocycles. The molecule has 66 valence electrons. The maximum absolute atomic E-state index is 4.24. The van der Waals surface area contributed by atoms with Crippen molar-refractivity contribution < 1.29 is 0 Å². The average Bonchev–Trinajstić information content (AvgIpc) is 2.53. The van der Waals surface area contributed by atoms with Gasteiger partial charge in [-0.3, -0.25) is 0 Å². The zero-order valence-corrected chi connectivity index (χ0v) is 10.4. The second-order valence-electron chi connectivity index (χ2n) is 2.35. The number of nitrogens with zero attached hydrogens (tertiary/aromatic N) is 2. The number of rotatable bonds is 1. The third kappa shape index (κ3) is 1.98. The van der Waals surface area contributed by atoms with Gasteiger partial charge in [0.15, 0.2) is 9.74 Å². The first-order chi connectivity index (χ1) is 6.27. The van der Waals surface area contributed by atoms with Crippen molar-refractivity contribution in [1.29, 1.82) is 0 Å². The van der Waals surface area contributed by atoms with E-state index in [2.05, 4.69) is 41.2 Å². The SMILES string of the molecule is Brc1nc(-c2ccccc2Br)ns1. The Bertz CT molecular complexity index is 428. The zero-order chi connectivity index (χ0) is 9.26. The van der Waals surface area contributed by atoms with E-state index in [4.69, 9.17) is 0 Å².